The molecule has 1 aromatic carbocycles. The van der Waals surface area contributed by atoms with Crippen LogP contribution in [-0.4, -0.2) is 30.9 Å². The Balaban J connectivity index is 2.75. The number of rotatable bonds is 6. The van der Waals surface area contributed by atoms with Gasteiger partial charge in [0.1, 0.15) is 0 Å². The molecule has 0 heterocycles. The van der Waals surface area contributed by atoms with Crippen LogP contribution in [0.25, 0.3) is 0 Å². The third kappa shape index (κ3) is 4.67. The molecule has 0 aliphatic heterocycles. The van der Waals surface area contributed by atoms with Crippen molar-refractivity contribution in [3.8, 4) is 0 Å². The van der Waals surface area contributed by atoms with Crippen LogP contribution in [-0.2, 0) is 11.3 Å². The average molecular weight is 262 g/mol. The van der Waals surface area contributed by atoms with E-state index in [1.165, 1.54) is 16.7 Å². The van der Waals surface area contributed by atoms with Gasteiger partial charge in [0, 0.05) is 13.6 Å². The first-order valence-corrected chi connectivity index (χ1v) is 6.99. The van der Waals surface area contributed by atoms with Gasteiger partial charge >= 0.3 is 0 Å². The van der Waals surface area contributed by atoms with Crippen molar-refractivity contribution in [3.63, 3.8) is 0 Å². The van der Waals surface area contributed by atoms with Crippen molar-refractivity contribution in [2.24, 2.45) is 0 Å². The third-order valence-corrected chi connectivity index (χ3v) is 3.40. The van der Waals surface area contributed by atoms with Gasteiger partial charge in [0.25, 0.3) is 0 Å². The fourth-order valence-electron chi connectivity index (χ4n) is 1.93. The Morgan fingerprint density at radius 1 is 1.37 bits per heavy atom. The Bertz CT molecular complexity index is 427. The fourth-order valence-corrected chi connectivity index (χ4v) is 1.93. The van der Waals surface area contributed by atoms with Crippen molar-refractivity contribution in [2.45, 2.75) is 40.2 Å². The van der Waals surface area contributed by atoms with Crippen molar-refractivity contribution in [2.75, 3.05) is 20.1 Å². The Hall–Kier alpha value is -1.35. The molecule has 3 heteroatoms. The normalized spacial score (nSPS) is 10.8. The molecule has 1 N–H and O–H groups in total. The van der Waals surface area contributed by atoms with Crippen molar-refractivity contribution >= 4 is 5.91 Å². The van der Waals surface area contributed by atoms with E-state index in [-0.39, 0.29) is 5.91 Å². The number of amides is 1. The molecule has 3 nitrogen and oxygen atoms in total. The standard InChI is InChI=1S/C16H26N2O/c1-6-17-10-16(19)18(5)11-15-9-14(12(2)3)8-7-13(15)4/h7-9,12,17H,6,10-11H2,1-5H3. The van der Waals surface area contributed by atoms with E-state index in [0.29, 0.717) is 19.0 Å². The molecule has 0 saturated carbocycles. The van der Waals surface area contributed by atoms with Crippen LogP contribution in [0.5, 0.6) is 0 Å². The molecule has 0 aliphatic rings. The first kappa shape index (κ1) is 15.7. The molecule has 0 bridgehead atoms. The highest BCUT2D eigenvalue weighted by Crippen LogP contribution is 2.19. The summed E-state index contributed by atoms with van der Waals surface area (Å²) in [5.74, 6) is 0.651. The van der Waals surface area contributed by atoms with E-state index in [2.05, 4.69) is 44.3 Å². The maximum absolute atomic E-state index is 11.9. The largest absolute Gasteiger partial charge is 0.340 e. The topological polar surface area (TPSA) is 32.3 Å². The molecule has 1 rings (SSSR count). The van der Waals surface area contributed by atoms with Crippen LogP contribution in [0.15, 0.2) is 18.2 Å². The second-order valence-electron chi connectivity index (χ2n) is 5.37. The van der Waals surface area contributed by atoms with Crippen LogP contribution in [0.2, 0.25) is 0 Å². The molecule has 0 unspecified atom stereocenters. The van der Waals surface area contributed by atoms with E-state index >= 15 is 0 Å². The molecule has 0 atom stereocenters. The summed E-state index contributed by atoms with van der Waals surface area (Å²) < 4.78 is 0. The molecular formula is C16H26N2O. The zero-order valence-electron chi connectivity index (χ0n) is 12.8. The molecule has 0 spiro atoms. The van der Waals surface area contributed by atoms with Crippen molar-refractivity contribution in [1.82, 2.24) is 10.2 Å². The summed E-state index contributed by atoms with van der Waals surface area (Å²) in [6.07, 6.45) is 0. The second-order valence-corrected chi connectivity index (χ2v) is 5.37. The highest BCUT2D eigenvalue weighted by molar-refractivity contribution is 5.78. The maximum atomic E-state index is 11.9. The summed E-state index contributed by atoms with van der Waals surface area (Å²) >= 11 is 0. The Morgan fingerprint density at radius 3 is 2.63 bits per heavy atom. The van der Waals surface area contributed by atoms with Gasteiger partial charge in [-0.2, -0.15) is 0 Å². The van der Waals surface area contributed by atoms with E-state index in [1.54, 1.807) is 4.90 Å². The Kier molecular flexibility index (Phi) is 6.03. The lowest BCUT2D eigenvalue weighted by Crippen LogP contribution is -2.35. The molecule has 19 heavy (non-hydrogen) atoms. The van der Waals surface area contributed by atoms with Crippen molar-refractivity contribution in [1.29, 1.82) is 0 Å². The van der Waals surface area contributed by atoms with Crippen LogP contribution >= 0.6 is 0 Å². The molecular weight excluding hydrogens is 236 g/mol. The monoisotopic (exact) mass is 262 g/mol. The molecule has 0 saturated heterocycles. The summed E-state index contributed by atoms with van der Waals surface area (Å²) in [4.78, 5) is 13.7. The number of carbonyl (C=O) groups excluding carboxylic acids is 1. The smallest absolute Gasteiger partial charge is 0.236 e. The lowest BCUT2D eigenvalue weighted by atomic mass is 9.97. The quantitative estimate of drug-likeness (QED) is 0.855. The number of likely N-dealkylation sites (N-methyl/N-ethyl adjacent to an activating group) is 2. The summed E-state index contributed by atoms with van der Waals surface area (Å²) in [5, 5.41) is 3.07. The Labute approximate surface area is 117 Å². The van der Waals surface area contributed by atoms with Crippen LogP contribution in [0, 0.1) is 6.92 Å². The SMILES string of the molecule is CCNCC(=O)N(C)Cc1cc(C(C)C)ccc1C. The summed E-state index contributed by atoms with van der Waals surface area (Å²) in [6.45, 7) is 10.4. The number of hydrogen-bond donors (Lipinski definition) is 1. The minimum absolute atomic E-state index is 0.135. The zero-order valence-corrected chi connectivity index (χ0v) is 12.8. The van der Waals surface area contributed by atoms with Gasteiger partial charge in [0.05, 0.1) is 6.54 Å². The van der Waals surface area contributed by atoms with Gasteiger partial charge in [-0.15, -0.1) is 0 Å². The van der Waals surface area contributed by atoms with E-state index in [1.807, 2.05) is 14.0 Å². The highest BCUT2D eigenvalue weighted by atomic mass is 16.2. The minimum atomic E-state index is 0.135. The van der Waals surface area contributed by atoms with Gasteiger partial charge in [-0.3, -0.25) is 4.79 Å². The van der Waals surface area contributed by atoms with Gasteiger partial charge in [0.15, 0.2) is 0 Å². The molecule has 1 amide bonds. The summed E-state index contributed by atoms with van der Waals surface area (Å²) in [7, 11) is 1.86. The molecule has 1 aromatic rings. The lowest BCUT2D eigenvalue weighted by molar-refractivity contribution is -0.129. The van der Waals surface area contributed by atoms with E-state index in [0.717, 1.165) is 6.54 Å². The van der Waals surface area contributed by atoms with Crippen molar-refractivity contribution < 1.29 is 4.79 Å². The van der Waals surface area contributed by atoms with E-state index in [4.69, 9.17) is 0 Å². The molecule has 0 aromatic heterocycles. The van der Waals surface area contributed by atoms with Crippen LogP contribution < -0.4 is 5.32 Å². The van der Waals surface area contributed by atoms with Gasteiger partial charge in [0.2, 0.25) is 5.91 Å². The van der Waals surface area contributed by atoms with Crippen LogP contribution in [0.4, 0.5) is 0 Å². The van der Waals surface area contributed by atoms with Crippen LogP contribution in [0.3, 0.4) is 0 Å². The van der Waals surface area contributed by atoms with E-state index < -0.39 is 0 Å². The predicted octanol–water partition coefficient (Wildman–Crippen LogP) is 2.69. The first-order valence-electron chi connectivity index (χ1n) is 6.99. The number of benzene rings is 1. The Morgan fingerprint density at radius 2 is 2.05 bits per heavy atom. The van der Waals surface area contributed by atoms with Gasteiger partial charge in [-0.25, -0.2) is 0 Å². The zero-order chi connectivity index (χ0) is 14.4. The number of carbonyl (C=O) groups is 1. The lowest BCUT2D eigenvalue weighted by Gasteiger charge is -2.20. The highest BCUT2D eigenvalue weighted by Gasteiger charge is 2.11. The fraction of sp³-hybridized carbons (Fsp3) is 0.562. The maximum Gasteiger partial charge on any atom is 0.236 e. The van der Waals surface area contributed by atoms with Crippen molar-refractivity contribution in [3.05, 3.63) is 34.9 Å². The summed E-state index contributed by atoms with van der Waals surface area (Å²) in [5.41, 5.74) is 3.80. The predicted molar refractivity (Wildman–Crippen MR) is 80.3 cm³/mol. The second kappa shape index (κ2) is 7.29. The third-order valence-electron chi connectivity index (χ3n) is 3.40. The van der Waals surface area contributed by atoms with Gasteiger partial charge in [-0.1, -0.05) is 39.0 Å². The van der Waals surface area contributed by atoms with Gasteiger partial charge < -0.3 is 10.2 Å². The average Bonchev–Trinajstić information content (AvgIpc) is 2.38. The molecule has 0 radical (unpaired) electrons. The molecule has 106 valence electrons. The van der Waals surface area contributed by atoms with Gasteiger partial charge in [-0.05, 0) is 36.1 Å². The summed E-state index contributed by atoms with van der Waals surface area (Å²) in [6, 6.07) is 6.54. The molecule has 0 aliphatic carbocycles. The van der Waals surface area contributed by atoms with E-state index in [9.17, 15) is 4.79 Å². The number of aryl methyl sites for hydroxylation is 1. The number of nitrogens with one attached hydrogen (secondary N) is 1. The first-order chi connectivity index (χ1) is 8.95. The minimum Gasteiger partial charge on any atom is -0.340 e. The molecule has 0 fully saturated rings. The number of hydrogen-bond acceptors (Lipinski definition) is 2. The van der Waals surface area contributed by atoms with Crippen LogP contribution in [0.1, 0.15) is 43.4 Å². The number of nitrogens with zero attached hydrogens (tertiary/aromatic N) is 1.